The second-order valence-electron chi connectivity index (χ2n) is 4.79. The van der Waals surface area contributed by atoms with Crippen molar-refractivity contribution in [1.82, 2.24) is 9.55 Å². The van der Waals surface area contributed by atoms with Gasteiger partial charge in [-0.1, -0.05) is 24.6 Å². The zero-order valence-corrected chi connectivity index (χ0v) is 11.7. The zero-order valence-electron chi connectivity index (χ0n) is 11.7. The van der Waals surface area contributed by atoms with Crippen molar-refractivity contribution in [3.63, 3.8) is 0 Å². The Balaban J connectivity index is 2.25. The molecule has 5 heteroatoms. The predicted molar refractivity (Wildman–Crippen MR) is 77.7 cm³/mol. The number of nitrogens with zero attached hydrogens (tertiary/aromatic N) is 2. The quantitative estimate of drug-likeness (QED) is 0.849. The van der Waals surface area contributed by atoms with Gasteiger partial charge in [-0.3, -0.25) is 0 Å². The summed E-state index contributed by atoms with van der Waals surface area (Å²) in [5.74, 6) is -0.913. The number of hydrogen-bond acceptors (Lipinski definition) is 3. The van der Waals surface area contributed by atoms with Gasteiger partial charge < -0.3 is 15.0 Å². The van der Waals surface area contributed by atoms with Gasteiger partial charge in [0.05, 0.1) is 18.2 Å². The van der Waals surface area contributed by atoms with E-state index >= 15 is 0 Å². The van der Waals surface area contributed by atoms with Crippen molar-refractivity contribution < 1.29 is 9.90 Å². The standard InChI is InChI=1S/C15H19N3O2/c1-3-8-18-10-16-9-13(18)14(15(19)20)17-12-6-4-11(2)5-7-12/h4-7,9-10,14,17H,3,8H2,1-2H3,(H,19,20). The zero-order chi connectivity index (χ0) is 14.5. The number of hydrogen-bond donors (Lipinski definition) is 2. The summed E-state index contributed by atoms with van der Waals surface area (Å²) in [6.07, 6.45) is 4.21. The number of aliphatic carboxylic acids is 1. The molecular weight excluding hydrogens is 254 g/mol. The predicted octanol–water partition coefficient (Wildman–Crippen LogP) is 2.84. The van der Waals surface area contributed by atoms with E-state index in [2.05, 4.69) is 10.3 Å². The molecule has 2 aromatic rings. The molecule has 0 aliphatic rings. The highest BCUT2D eigenvalue weighted by Crippen LogP contribution is 2.20. The molecule has 0 saturated heterocycles. The van der Waals surface area contributed by atoms with E-state index in [-0.39, 0.29) is 0 Å². The SMILES string of the molecule is CCCn1cncc1C(Nc1ccc(C)cc1)C(=O)O. The van der Waals surface area contributed by atoms with Gasteiger partial charge in [-0.15, -0.1) is 0 Å². The van der Waals surface area contributed by atoms with Crippen LogP contribution in [0.5, 0.6) is 0 Å². The lowest BCUT2D eigenvalue weighted by molar-refractivity contribution is -0.138. The summed E-state index contributed by atoms with van der Waals surface area (Å²) in [6.45, 7) is 4.80. The van der Waals surface area contributed by atoms with Gasteiger partial charge in [0.1, 0.15) is 0 Å². The minimum Gasteiger partial charge on any atom is -0.479 e. The Kier molecular flexibility index (Phi) is 4.40. The Morgan fingerprint density at radius 2 is 2.10 bits per heavy atom. The molecule has 0 aliphatic heterocycles. The largest absolute Gasteiger partial charge is 0.479 e. The smallest absolute Gasteiger partial charge is 0.332 e. The van der Waals surface area contributed by atoms with Crippen LogP contribution in [-0.2, 0) is 11.3 Å². The Morgan fingerprint density at radius 1 is 1.40 bits per heavy atom. The summed E-state index contributed by atoms with van der Waals surface area (Å²) in [7, 11) is 0. The highest BCUT2D eigenvalue weighted by molar-refractivity contribution is 5.78. The fraction of sp³-hybridized carbons (Fsp3) is 0.333. The third-order valence-corrected chi connectivity index (χ3v) is 3.11. The number of rotatable bonds is 6. The van der Waals surface area contributed by atoms with Crippen LogP contribution in [0.4, 0.5) is 5.69 Å². The van der Waals surface area contributed by atoms with Gasteiger partial charge in [0.25, 0.3) is 0 Å². The van der Waals surface area contributed by atoms with Gasteiger partial charge >= 0.3 is 5.97 Å². The number of benzene rings is 1. The first-order valence-electron chi connectivity index (χ1n) is 6.68. The Bertz CT molecular complexity index is 575. The van der Waals surface area contributed by atoms with E-state index in [1.807, 2.05) is 42.7 Å². The molecule has 1 atom stereocenters. The summed E-state index contributed by atoms with van der Waals surface area (Å²) in [5.41, 5.74) is 2.59. The molecule has 5 nitrogen and oxygen atoms in total. The first-order chi connectivity index (χ1) is 9.61. The molecule has 20 heavy (non-hydrogen) atoms. The van der Waals surface area contributed by atoms with Gasteiger partial charge in [0.2, 0.25) is 0 Å². The van der Waals surface area contributed by atoms with Crippen molar-refractivity contribution in [2.75, 3.05) is 5.32 Å². The van der Waals surface area contributed by atoms with Gasteiger partial charge in [-0.05, 0) is 25.5 Å². The molecule has 2 rings (SSSR count). The van der Waals surface area contributed by atoms with Crippen LogP contribution in [0.1, 0.15) is 30.6 Å². The monoisotopic (exact) mass is 273 g/mol. The molecule has 0 aliphatic carbocycles. The number of nitrogens with one attached hydrogen (secondary N) is 1. The van der Waals surface area contributed by atoms with Crippen LogP contribution in [0, 0.1) is 6.92 Å². The van der Waals surface area contributed by atoms with Crippen LogP contribution in [0.2, 0.25) is 0 Å². The van der Waals surface area contributed by atoms with Crippen molar-refractivity contribution in [1.29, 1.82) is 0 Å². The van der Waals surface area contributed by atoms with Crippen LogP contribution < -0.4 is 5.32 Å². The molecule has 0 fully saturated rings. The van der Waals surface area contributed by atoms with Gasteiger partial charge in [0, 0.05) is 12.2 Å². The number of anilines is 1. The molecule has 1 unspecified atom stereocenters. The second-order valence-corrected chi connectivity index (χ2v) is 4.79. The lowest BCUT2D eigenvalue weighted by Crippen LogP contribution is -2.23. The summed E-state index contributed by atoms with van der Waals surface area (Å²) in [6, 6.07) is 6.86. The van der Waals surface area contributed by atoms with Crippen molar-refractivity contribution in [2.24, 2.45) is 0 Å². The number of imidazole rings is 1. The Labute approximate surface area is 118 Å². The summed E-state index contributed by atoms with van der Waals surface area (Å²) < 4.78 is 1.87. The van der Waals surface area contributed by atoms with Gasteiger partial charge in [-0.2, -0.15) is 0 Å². The van der Waals surface area contributed by atoms with E-state index in [1.54, 1.807) is 12.5 Å². The lowest BCUT2D eigenvalue weighted by Gasteiger charge is -2.17. The van der Waals surface area contributed by atoms with Crippen molar-refractivity contribution in [2.45, 2.75) is 32.9 Å². The van der Waals surface area contributed by atoms with Crippen molar-refractivity contribution in [3.05, 3.63) is 48.0 Å². The number of carbonyl (C=O) groups is 1. The fourth-order valence-corrected chi connectivity index (χ4v) is 2.08. The number of carboxylic acids is 1. The molecule has 0 bridgehead atoms. The number of carboxylic acid groups (broad SMARTS) is 1. The first kappa shape index (κ1) is 14.1. The maximum Gasteiger partial charge on any atom is 0.332 e. The molecule has 0 radical (unpaired) electrons. The highest BCUT2D eigenvalue weighted by Gasteiger charge is 2.23. The second kappa shape index (κ2) is 6.23. The summed E-state index contributed by atoms with van der Waals surface area (Å²) in [4.78, 5) is 15.6. The molecule has 0 spiro atoms. The molecule has 0 saturated carbocycles. The van der Waals surface area contributed by atoms with Crippen LogP contribution in [-0.4, -0.2) is 20.6 Å². The molecule has 1 aromatic carbocycles. The average molecular weight is 273 g/mol. The lowest BCUT2D eigenvalue weighted by atomic mass is 10.1. The Morgan fingerprint density at radius 3 is 2.70 bits per heavy atom. The van der Waals surface area contributed by atoms with E-state index < -0.39 is 12.0 Å². The van der Waals surface area contributed by atoms with E-state index in [1.165, 1.54) is 0 Å². The summed E-state index contributed by atoms with van der Waals surface area (Å²) >= 11 is 0. The van der Waals surface area contributed by atoms with Gasteiger partial charge in [-0.25, -0.2) is 9.78 Å². The Hall–Kier alpha value is -2.30. The van der Waals surface area contributed by atoms with Crippen LogP contribution >= 0.6 is 0 Å². The highest BCUT2D eigenvalue weighted by atomic mass is 16.4. The third kappa shape index (κ3) is 3.17. The van der Waals surface area contributed by atoms with E-state index in [4.69, 9.17) is 0 Å². The van der Waals surface area contributed by atoms with E-state index in [9.17, 15) is 9.90 Å². The van der Waals surface area contributed by atoms with Crippen LogP contribution in [0.25, 0.3) is 0 Å². The third-order valence-electron chi connectivity index (χ3n) is 3.11. The molecule has 0 amide bonds. The molecule has 2 N–H and O–H groups in total. The number of aromatic nitrogens is 2. The topological polar surface area (TPSA) is 67.2 Å². The number of aryl methyl sites for hydroxylation is 2. The fourth-order valence-electron chi connectivity index (χ4n) is 2.08. The molecule has 1 heterocycles. The van der Waals surface area contributed by atoms with Crippen LogP contribution in [0.15, 0.2) is 36.8 Å². The van der Waals surface area contributed by atoms with Crippen LogP contribution in [0.3, 0.4) is 0 Å². The van der Waals surface area contributed by atoms with Crippen molar-refractivity contribution >= 4 is 11.7 Å². The molecule has 1 aromatic heterocycles. The maximum atomic E-state index is 11.5. The normalized spacial score (nSPS) is 12.1. The van der Waals surface area contributed by atoms with E-state index in [0.29, 0.717) is 5.69 Å². The maximum absolute atomic E-state index is 11.5. The minimum absolute atomic E-state index is 0.667. The van der Waals surface area contributed by atoms with Gasteiger partial charge in [0.15, 0.2) is 6.04 Å². The molecular formula is C15H19N3O2. The molecule has 106 valence electrons. The summed E-state index contributed by atoms with van der Waals surface area (Å²) in [5, 5.41) is 12.5. The first-order valence-corrected chi connectivity index (χ1v) is 6.68. The average Bonchev–Trinajstić information content (AvgIpc) is 2.86. The van der Waals surface area contributed by atoms with Crippen molar-refractivity contribution in [3.8, 4) is 0 Å². The minimum atomic E-state index is -0.913. The van der Waals surface area contributed by atoms with E-state index in [0.717, 1.165) is 24.2 Å².